The van der Waals surface area contributed by atoms with Gasteiger partial charge in [-0.1, -0.05) is 25.1 Å². The van der Waals surface area contributed by atoms with E-state index in [9.17, 15) is 0 Å². The summed E-state index contributed by atoms with van der Waals surface area (Å²) >= 11 is 0. The Hall–Kier alpha value is -1.75. The summed E-state index contributed by atoms with van der Waals surface area (Å²) in [5.41, 5.74) is 0.745. The van der Waals surface area contributed by atoms with Crippen molar-refractivity contribution >= 4 is 0 Å². The molecule has 0 aliphatic carbocycles. The summed E-state index contributed by atoms with van der Waals surface area (Å²) in [6, 6.07) is 5.66. The molecule has 0 saturated heterocycles. The number of hydrogen-bond acceptors (Lipinski definition) is 5. The van der Waals surface area contributed by atoms with Gasteiger partial charge >= 0.3 is 0 Å². The van der Waals surface area contributed by atoms with Crippen LogP contribution < -0.4 is 0 Å². The fraction of sp³-hybridized carbons (Fsp3) is 0.500. The Labute approximate surface area is 113 Å². The minimum absolute atomic E-state index is 0.559. The highest BCUT2D eigenvalue weighted by molar-refractivity contribution is 5.46. The Bertz CT molecular complexity index is 477. The first-order chi connectivity index (χ1) is 9.33. The lowest BCUT2D eigenvalue weighted by Gasteiger charge is -2.18. The highest BCUT2D eigenvalue weighted by atomic mass is 16.5. The van der Waals surface area contributed by atoms with Crippen LogP contribution in [0.3, 0.4) is 0 Å². The smallest absolute Gasteiger partial charge is 0.241 e. The van der Waals surface area contributed by atoms with Crippen molar-refractivity contribution in [2.24, 2.45) is 0 Å². The number of nitrogens with zero attached hydrogens (tertiary/aromatic N) is 4. The summed E-state index contributed by atoms with van der Waals surface area (Å²) in [4.78, 5) is 10.9. The van der Waals surface area contributed by atoms with Gasteiger partial charge in [0.05, 0.1) is 6.54 Å². The average molecular weight is 260 g/mol. The highest BCUT2D eigenvalue weighted by Crippen LogP contribution is 2.13. The van der Waals surface area contributed by atoms with Crippen molar-refractivity contribution in [1.29, 1.82) is 0 Å². The van der Waals surface area contributed by atoms with Crippen LogP contribution >= 0.6 is 0 Å². The van der Waals surface area contributed by atoms with Gasteiger partial charge in [-0.25, -0.2) is 0 Å². The molecule has 0 spiro atoms. The van der Waals surface area contributed by atoms with Gasteiger partial charge in [-0.15, -0.1) is 0 Å². The van der Waals surface area contributed by atoms with Crippen molar-refractivity contribution in [2.45, 2.75) is 33.2 Å². The van der Waals surface area contributed by atoms with E-state index in [1.54, 1.807) is 6.20 Å². The lowest BCUT2D eigenvalue weighted by atomic mass is 10.3. The van der Waals surface area contributed by atoms with Crippen LogP contribution in [0.25, 0.3) is 11.5 Å². The molecule has 5 heteroatoms. The first-order valence-electron chi connectivity index (χ1n) is 6.79. The SMILES string of the molecule is CCCN(CCC)Cc1nc(-c2ccccn2)no1. The van der Waals surface area contributed by atoms with E-state index in [1.807, 2.05) is 18.2 Å². The van der Waals surface area contributed by atoms with Crippen LogP contribution in [-0.2, 0) is 6.54 Å². The maximum absolute atomic E-state index is 5.30. The molecule has 102 valence electrons. The second-order valence-electron chi connectivity index (χ2n) is 4.50. The molecule has 0 amide bonds. The molecule has 0 aliphatic rings. The Kier molecular flexibility index (Phi) is 5.03. The molecule has 0 N–H and O–H groups in total. The van der Waals surface area contributed by atoms with Crippen molar-refractivity contribution in [2.75, 3.05) is 13.1 Å². The molecule has 0 unspecified atom stereocenters. The fourth-order valence-electron chi connectivity index (χ4n) is 2.01. The number of rotatable bonds is 7. The second kappa shape index (κ2) is 6.99. The second-order valence-corrected chi connectivity index (χ2v) is 4.50. The first-order valence-corrected chi connectivity index (χ1v) is 6.79. The van der Waals surface area contributed by atoms with Gasteiger partial charge in [0.15, 0.2) is 0 Å². The van der Waals surface area contributed by atoms with Crippen LogP contribution in [0.5, 0.6) is 0 Å². The maximum atomic E-state index is 5.30. The van der Waals surface area contributed by atoms with Gasteiger partial charge in [-0.2, -0.15) is 4.98 Å². The van der Waals surface area contributed by atoms with E-state index >= 15 is 0 Å². The summed E-state index contributed by atoms with van der Waals surface area (Å²) in [7, 11) is 0. The van der Waals surface area contributed by atoms with Gasteiger partial charge in [-0.05, 0) is 38.1 Å². The van der Waals surface area contributed by atoms with E-state index in [2.05, 4.69) is 33.9 Å². The molecule has 0 fully saturated rings. The molecule has 0 aliphatic heterocycles. The molecule has 0 atom stereocenters. The normalized spacial score (nSPS) is 11.1. The summed E-state index contributed by atoms with van der Waals surface area (Å²) < 4.78 is 5.30. The zero-order valence-electron chi connectivity index (χ0n) is 11.5. The van der Waals surface area contributed by atoms with E-state index in [0.29, 0.717) is 18.3 Å². The minimum Gasteiger partial charge on any atom is -0.337 e. The van der Waals surface area contributed by atoms with Crippen LogP contribution in [-0.4, -0.2) is 33.1 Å². The lowest BCUT2D eigenvalue weighted by Crippen LogP contribution is -2.25. The molecule has 0 bridgehead atoms. The molecule has 2 heterocycles. The molecule has 5 nitrogen and oxygen atoms in total. The summed E-state index contributed by atoms with van der Waals surface area (Å²) in [6.07, 6.45) is 3.98. The van der Waals surface area contributed by atoms with Crippen LogP contribution in [0.1, 0.15) is 32.6 Å². The van der Waals surface area contributed by atoms with E-state index < -0.39 is 0 Å². The summed E-state index contributed by atoms with van der Waals surface area (Å²) in [5, 5.41) is 3.98. The average Bonchev–Trinajstić information content (AvgIpc) is 2.89. The van der Waals surface area contributed by atoms with Crippen molar-refractivity contribution in [3.8, 4) is 11.5 Å². The van der Waals surface area contributed by atoms with Gasteiger partial charge in [0, 0.05) is 6.20 Å². The van der Waals surface area contributed by atoms with Gasteiger partial charge in [0.2, 0.25) is 11.7 Å². The molecular formula is C14H20N4O. The van der Waals surface area contributed by atoms with Gasteiger partial charge in [0.25, 0.3) is 0 Å². The molecule has 2 aromatic heterocycles. The van der Waals surface area contributed by atoms with Crippen LogP contribution in [0.15, 0.2) is 28.9 Å². The number of aromatic nitrogens is 3. The number of hydrogen-bond donors (Lipinski definition) is 0. The van der Waals surface area contributed by atoms with Crippen LogP contribution in [0, 0.1) is 0 Å². The minimum atomic E-state index is 0.559. The predicted octanol–water partition coefficient (Wildman–Crippen LogP) is 2.75. The fourth-order valence-corrected chi connectivity index (χ4v) is 2.01. The van der Waals surface area contributed by atoms with Crippen molar-refractivity contribution in [3.05, 3.63) is 30.3 Å². The standard InChI is InChI=1S/C14H20N4O/c1-3-9-18(10-4-2)11-13-16-14(17-19-13)12-7-5-6-8-15-12/h5-8H,3-4,9-11H2,1-2H3. The quantitative estimate of drug-likeness (QED) is 0.766. The largest absolute Gasteiger partial charge is 0.337 e. The highest BCUT2D eigenvalue weighted by Gasteiger charge is 2.12. The van der Waals surface area contributed by atoms with E-state index in [0.717, 1.165) is 31.6 Å². The third-order valence-corrected chi connectivity index (χ3v) is 2.80. The van der Waals surface area contributed by atoms with Crippen LogP contribution in [0.2, 0.25) is 0 Å². The molecule has 0 aromatic carbocycles. The third-order valence-electron chi connectivity index (χ3n) is 2.80. The zero-order chi connectivity index (χ0) is 13.5. The molecule has 2 aromatic rings. The van der Waals surface area contributed by atoms with Crippen molar-refractivity contribution in [1.82, 2.24) is 20.0 Å². The summed E-state index contributed by atoms with van der Waals surface area (Å²) in [6.45, 7) is 7.16. The Balaban J connectivity index is 2.04. The first kappa shape index (κ1) is 13.7. The van der Waals surface area contributed by atoms with E-state index in [1.165, 1.54) is 0 Å². The van der Waals surface area contributed by atoms with Gasteiger partial charge in [0.1, 0.15) is 5.69 Å². The Morgan fingerprint density at radius 2 is 1.95 bits per heavy atom. The van der Waals surface area contributed by atoms with E-state index in [4.69, 9.17) is 4.52 Å². The lowest BCUT2D eigenvalue weighted by molar-refractivity contribution is 0.227. The molecule has 19 heavy (non-hydrogen) atoms. The van der Waals surface area contributed by atoms with Gasteiger partial charge < -0.3 is 4.52 Å². The van der Waals surface area contributed by atoms with Crippen LogP contribution in [0.4, 0.5) is 0 Å². The third kappa shape index (κ3) is 3.86. The van der Waals surface area contributed by atoms with Gasteiger partial charge in [-0.3, -0.25) is 9.88 Å². The molecule has 0 saturated carbocycles. The molecule has 2 rings (SSSR count). The van der Waals surface area contributed by atoms with Crippen molar-refractivity contribution in [3.63, 3.8) is 0 Å². The topological polar surface area (TPSA) is 55.1 Å². The monoisotopic (exact) mass is 260 g/mol. The van der Waals surface area contributed by atoms with Crippen molar-refractivity contribution < 1.29 is 4.52 Å². The maximum Gasteiger partial charge on any atom is 0.241 e. The Morgan fingerprint density at radius 1 is 1.16 bits per heavy atom. The summed E-state index contributed by atoms with van der Waals surface area (Å²) in [5.74, 6) is 1.21. The van der Waals surface area contributed by atoms with E-state index in [-0.39, 0.29) is 0 Å². The number of pyridine rings is 1. The zero-order valence-corrected chi connectivity index (χ0v) is 11.5. The predicted molar refractivity (Wildman–Crippen MR) is 73.4 cm³/mol. The Morgan fingerprint density at radius 3 is 2.58 bits per heavy atom. The molecular weight excluding hydrogens is 240 g/mol. The molecule has 0 radical (unpaired) electrons.